The van der Waals surface area contributed by atoms with Crippen LogP contribution in [0.2, 0.25) is 0 Å². The molecule has 0 bridgehead atoms. The fourth-order valence-electron chi connectivity index (χ4n) is 2.44. The number of anilines is 1. The molecule has 1 aliphatic rings. The predicted molar refractivity (Wildman–Crippen MR) is 65.6 cm³/mol. The lowest BCUT2D eigenvalue weighted by molar-refractivity contribution is 0.266. The van der Waals surface area contributed by atoms with Gasteiger partial charge in [-0.3, -0.25) is 0 Å². The van der Waals surface area contributed by atoms with Gasteiger partial charge in [-0.15, -0.1) is 5.10 Å². The van der Waals surface area contributed by atoms with E-state index in [-0.39, 0.29) is 0 Å². The molecule has 17 heavy (non-hydrogen) atoms. The van der Waals surface area contributed by atoms with E-state index < -0.39 is 0 Å². The third-order valence-electron chi connectivity index (χ3n) is 3.36. The van der Waals surface area contributed by atoms with Crippen LogP contribution in [0.25, 0.3) is 0 Å². The van der Waals surface area contributed by atoms with E-state index >= 15 is 0 Å². The highest BCUT2D eigenvalue weighted by atomic mass is 15.3. The van der Waals surface area contributed by atoms with Crippen molar-refractivity contribution in [1.82, 2.24) is 15.1 Å². The summed E-state index contributed by atoms with van der Waals surface area (Å²) < 4.78 is 0. The van der Waals surface area contributed by atoms with Crippen LogP contribution < -0.4 is 4.90 Å². The van der Waals surface area contributed by atoms with Crippen molar-refractivity contribution < 1.29 is 0 Å². The minimum absolute atomic E-state index is 0.503. The van der Waals surface area contributed by atoms with Crippen molar-refractivity contribution in [3.8, 4) is 6.07 Å². The van der Waals surface area contributed by atoms with Crippen molar-refractivity contribution in [1.29, 1.82) is 5.26 Å². The number of likely N-dealkylation sites (N-methyl/N-ethyl adjacent to an activating group) is 1. The minimum Gasteiger partial charge on any atom is -0.352 e. The molecule has 1 aromatic rings. The second kappa shape index (κ2) is 4.68. The first-order chi connectivity index (χ1) is 8.13. The van der Waals surface area contributed by atoms with E-state index in [2.05, 4.69) is 47.1 Å². The molecule has 0 N–H and O–H groups in total. The first kappa shape index (κ1) is 11.8. The molecular formula is C12H17N5. The van der Waals surface area contributed by atoms with Crippen molar-refractivity contribution in [2.75, 3.05) is 32.1 Å². The lowest BCUT2D eigenvalue weighted by Gasteiger charge is -2.22. The quantitative estimate of drug-likeness (QED) is 0.751. The van der Waals surface area contributed by atoms with Crippen LogP contribution in [-0.4, -0.2) is 48.3 Å². The summed E-state index contributed by atoms with van der Waals surface area (Å²) >= 11 is 0. The summed E-state index contributed by atoms with van der Waals surface area (Å²) in [5.41, 5.74) is 0.603. The monoisotopic (exact) mass is 231 g/mol. The molecule has 0 saturated carbocycles. The maximum absolute atomic E-state index is 9.06. The summed E-state index contributed by atoms with van der Waals surface area (Å²) in [5, 5.41) is 17.0. The zero-order valence-electron chi connectivity index (χ0n) is 10.5. The molecular weight excluding hydrogens is 214 g/mol. The van der Waals surface area contributed by atoms with Crippen LogP contribution in [0.4, 0.5) is 5.82 Å². The molecule has 2 atom stereocenters. The van der Waals surface area contributed by atoms with Crippen LogP contribution in [0.15, 0.2) is 12.3 Å². The number of hydrogen-bond acceptors (Lipinski definition) is 5. The fraction of sp³-hybridized carbons (Fsp3) is 0.583. The van der Waals surface area contributed by atoms with Crippen LogP contribution in [0.1, 0.15) is 12.5 Å². The Kier molecular flexibility index (Phi) is 3.25. The summed E-state index contributed by atoms with van der Waals surface area (Å²) in [6.45, 7) is 4.06. The highest BCUT2D eigenvalue weighted by Gasteiger charge is 2.32. The largest absolute Gasteiger partial charge is 0.352 e. The third kappa shape index (κ3) is 2.22. The molecule has 0 aromatic carbocycles. The third-order valence-corrected chi connectivity index (χ3v) is 3.36. The Bertz CT molecular complexity index is 437. The summed E-state index contributed by atoms with van der Waals surface area (Å²) in [5.74, 6) is 1.28. The standard InChI is InChI=1S/C12H17N5/c1-9-7-17(8-11(9)16(2)3)12-10(6-13)4-5-14-15-12/h4-5,9,11H,7-8H2,1-3H3. The molecule has 2 heterocycles. The van der Waals surface area contributed by atoms with Crippen LogP contribution >= 0.6 is 0 Å². The number of nitriles is 1. The first-order valence-corrected chi connectivity index (χ1v) is 5.76. The summed E-state index contributed by atoms with van der Waals surface area (Å²) in [6.07, 6.45) is 1.56. The summed E-state index contributed by atoms with van der Waals surface area (Å²) in [6, 6.07) is 4.40. The second-order valence-corrected chi connectivity index (χ2v) is 4.79. The van der Waals surface area contributed by atoms with Crippen molar-refractivity contribution in [2.45, 2.75) is 13.0 Å². The molecule has 0 radical (unpaired) electrons. The van der Waals surface area contributed by atoms with Gasteiger partial charge in [0.2, 0.25) is 0 Å². The van der Waals surface area contributed by atoms with Gasteiger partial charge in [-0.2, -0.15) is 10.4 Å². The zero-order valence-corrected chi connectivity index (χ0v) is 10.5. The Morgan fingerprint density at radius 2 is 2.24 bits per heavy atom. The molecule has 1 aromatic heterocycles. The Hall–Kier alpha value is -1.67. The smallest absolute Gasteiger partial charge is 0.169 e. The number of nitrogens with zero attached hydrogens (tertiary/aromatic N) is 5. The maximum Gasteiger partial charge on any atom is 0.169 e. The van der Waals surface area contributed by atoms with Gasteiger partial charge in [0.25, 0.3) is 0 Å². The number of rotatable bonds is 2. The van der Waals surface area contributed by atoms with E-state index in [9.17, 15) is 0 Å². The second-order valence-electron chi connectivity index (χ2n) is 4.79. The number of hydrogen-bond donors (Lipinski definition) is 0. The van der Waals surface area contributed by atoms with Crippen molar-refractivity contribution in [3.63, 3.8) is 0 Å². The van der Waals surface area contributed by atoms with Gasteiger partial charge >= 0.3 is 0 Å². The molecule has 5 heteroatoms. The van der Waals surface area contributed by atoms with Gasteiger partial charge in [-0.05, 0) is 26.1 Å². The molecule has 0 spiro atoms. The predicted octanol–water partition coefficient (Wildman–Crippen LogP) is 0.735. The number of aromatic nitrogens is 2. The highest BCUT2D eigenvalue weighted by Crippen LogP contribution is 2.26. The lowest BCUT2D eigenvalue weighted by atomic mass is 10.1. The van der Waals surface area contributed by atoms with Crippen LogP contribution in [0, 0.1) is 17.2 Å². The SMILES string of the molecule is CC1CN(c2nnccc2C#N)CC1N(C)C. The van der Waals surface area contributed by atoms with Crippen LogP contribution in [0.3, 0.4) is 0 Å². The van der Waals surface area contributed by atoms with E-state index in [4.69, 9.17) is 5.26 Å². The normalized spacial score (nSPS) is 24.1. The van der Waals surface area contributed by atoms with Crippen molar-refractivity contribution in [2.24, 2.45) is 5.92 Å². The van der Waals surface area contributed by atoms with Crippen LogP contribution in [-0.2, 0) is 0 Å². The summed E-state index contributed by atoms with van der Waals surface area (Å²) in [7, 11) is 4.18. The molecule has 0 amide bonds. The molecule has 1 aliphatic heterocycles. The zero-order chi connectivity index (χ0) is 12.4. The molecule has 5 nitrogen and oxygen atoms in total. The maximum atomic E-state index is 9.06. The Labute approximate surface area is 102 Å². The van der Waals surface area contributed by atoms with Crippen LogP contribution in [0.5, 0.6) is 0 Å². The van der Waals surface area contributed by atoms with Gasteiger partial charge < -0.3 is 9.80 Å². The van der Waals surface area contributed by atoms with E-state index in [1.165, 1.54) is 0 Å². The lowest BCUT2D eigenvalue weighted by Crippen LogP contribution is -2.34. The Balaban J connectivity index is 2.23. The molecule has 0 aliphatic carbocycles. The molecule has 1 fully saturated rings. The van der Waals surface area contributed by atoms with E-state index in [0.29, 0.717) is 23.3 Å². The summed E-state index contributed by atoms with van der Waals surface area (Å²) in [4.78, 5) is 4.38. The topological polar surface area (TPSA) is 56.1 Å². The Morgan fingerprint density at radius 1 is 1.47 bits per heavy atom. The fourth-order valence-corrected chi connectivity index (χ4v) is 2.44. The first-order valence-electron chi connectivity index (χ1n) is 5.76. The van der Waals surface area contributed by atoms with E-state index in [0.717, 1.165) is 13.1 Å². The average Bonchev–Trinajstić information content (AvgIpc) is 2.71. The van der Waals surface area contributed by atoms with Crippen molar-refractivity contribution in [3.05, 3.63) is 17.8 Å². The van der Waals surface area contributed by atoms with Gasteiger partial charge in [-0.25, -0.2) is 0 Å². The van der Waals surface area contributed by atoms with E-state index in [1.807, 2.05) is 0 Å². The molecule has 1 saturated heterocycles. The Morgan fingerprint density at radius 3 is 2.82 bits per heavy atom. The highest BCUT2D eigenvalue weighted by molar-refractivity contribution is 5.53. The van der Waals surface area contributed by atoms with Gasteiger partial charge in [0.15, 0.2) is 5.82 Å². The molecule has 2 rings (SSSR count). The van der Waals surface area contributed by atoms with E-state index in [1.54, 1.807) is 12.3 Å². The molecule has 90 valence electrons. The molecule has 2 unspecified atom stereocenters. The van der Waals surface area contributed by atoms with Gasteiger partial charge in [0.05, 0.1) is 11.8 Å². The minimum atomic E-state index is 0.503. The van der Waals surface area contributed by atoms with Crippen molar-refractivity contribution >= 4 is 5.82 Å². The van der Waals surface area contributed by atoms with Gasteiger partial charge in [0, 0.05) is 19.1 Å². The van der Waals surface area contributed by atoms with Gasteiger partial charge in [0.1, 0.15) is 6.07 Å². The average molecular weight is 231 g/mol. The van der Waals surface area contributed by atoms with Gasteiger partial charge in [-0.1, -0.05) is 6.92 Å².